The fraction of sp³-hybridized carbons (Fsp3) is 0.650. The zero-order chi connectivity index (χ0) is 17.1. The Morgan fingerprint density at radius 3 is 1.82 bits per heavy atom. The Bertz CT molecular complexity index is 518. The number of ether oxygens (including phenoxy) is 1. The molecule has 1 unspecified atom stereocenters. The maximum absolute atomic E-state index is 8.84. The highest BCUT2D eigenvalue weighted by atomic mass is 16.5. The number of nitrogens with zero attached hydrogens (tertiary/aromatic N) is 1. The van der Waals surface area contributed by atoms with Crippen LogP contribution in [-0.4, -0.2) is 7.11 Å². The van der Waals surface area contributed by atoms with E-state index in [-0.39, 0.29) is 10.8 Å². The van der Waals surface area contributed by atoms with E-state index in [0.717, 1.165) is 12.2 Å². The summed E-state index contributed by atoms with van der Waals surface area (Å²) in [6.45, 7) is 15.5. The Morgan fingerprint density at radius 1 is 1.05 bits per heavy atom. The summed E-state index contributed by atoms with van der Waals surface area (Å²) in [7, 11) is 1.76. The molecule has 0 saturated carbocycles. The van der Waals surface area contributed by atoms with Gasteiger partial charge >= 0.3 is 0 Å². The van der Waals surface area contributed by atoms with Gasteiger partial charge in [-0.1, -0.05) is 60.6 Å². The Labute approximate surface area is 136 Å². The third-order valence-electron chi connectivity index (χ3n) is 4.19. The number of hydrogen-bond acceptors (Lipinski definition) is 2. The summed E-state index contributed by atoms with van der Waals surface area (Å²) >= 11 is 0. The van der Waals surface area contributed by atoms with Gasteiger partial charge in [0, 0.05) is 17.5 Å². The van der Waals surface area contributed by atoms with Gasteiger partial charge in [0.2, 0.25) is 0 Å². The average molecular weight is 301 g/mol. The summed E-state index contributed by atoms with van der Waals surface area (Å²) in [5.74, 6) is 1.39. The van der Waals surface area contributed by atoms with Crippen molar-refractivity contribution in [1.82, 2.24) is 0 Å². The Kier molecular flexibility index (Phi) is 5.68. The minimum atomic E-state index is 0.0241. The standard InChI is InChI=1S/C20H31NO/c1-14(10-9-11-21)15-12-16(19(2,3)4)18(22-8)17(13-15)20(5,6)7/h12-14H,9-10H2,1-8H3. The lowest BCUT2D eigenvalue weighted by molar-refractivity contribution is 0.381. The van der Waals surface area contributed by atoms with Crippen LogP contribution in [0.25, 0.3) is 0 Å². The van der Waals surface area contributed by atoms with E-state index in [1.54, 1.807) is 7.11 Å². The smallest absolute Gasteiger partial charge is 0.126 e. The van der Waals surface area contributed by atoms with Crippen LogP contribution in [0.1, 0.15) is 83.9 Å². The highest BCUT2D eigenvalue weighted by Gasteiger charge is 2.28. The zero-order valence-electron chi connectivity index (χ0n) is 15.5. The molecule has 1 aromatic rings. The second-order valence-corrected chi connectivity index (χ2v) is 8.25. The van der Waals surface area contributed by atoms with Gasteiger partial charge in [0.1, 0.15) is 5.75 Å². The van der Waals surface area contributed by atoms with E-state index in [0.29, 0.717) is 12.3 Å². The van der Waals surface area contributed by atoms with Crippen LogP contribution in [0, 0.1) is 11.3 Å². The van der Waals surface area contributed by atoms with Gasteiger partial charge in [0.05, 0.1) is 13.2 Å². The van der Waals surface area contributed by atoms with Crippen LogP contribution in [0.15, 0.2) is 12.1 Å². The molecule has 0 bridgehead atoms. The minimum absolute atomic E-state index is 0.0241. The van der Waals surface area contributed by atoms with Gasteiger partial charge in [-0.25, -0.2) is 0 Å². The molecule has 22 heavy (non-hydrogen) atoms. The molecule has 0 heterocycles. The summed E-state index contributed by atoms with van der Waals surface area (Å²) in [6.07, 6.45) is 1.50. The fourth-order valence-corrected chi connectivity index (χ4v) is 2.72. The van der Waals surface area contributed by atoms with Crippen LogP contribution >= 0.6 is 0 Å². The van der Waals surface area contributed by atoms with E-state index >= 15 is 0 Å². The molecule has 0 aromatic heterocycles. The summed E-state index contributed by atoms with van der Waals surface area (Å²) < 4.78 is 5.79. The third kappa shape index (κ3) is 4.26. The first-order chi connectivity index (χ1) is 10.0. The highest BCUT2D eigenvalue weighted by molar-refractivity contribution is 5.51. The maximum atomic E-state index is 8.84. The summed E-state index contributed by atoms with van der Waals surface area (Å²) in [4.78, 5) is 0. The van der Waals surface area contributed by atoms with Gasteiger partial charge in [-0.15, -0.1) is 0 Å². The summed E-state index contributed by atoms with van der Waals surface area (Å²) in [6, 6.07) is 6.80. The van der Waals surface area contributed by atoms with Gasteiger partial charge in [0.15, 0.2) is 0 Å². The molecule has 0 aliphatic heterocycles. The van der Waals surface area contributed by atoms with Gasteiger partial charge in [0.25, 0.3) is 0 Å². The van der Waals surface area contributed by atoms with Crippen molar-refractivity contribution in [2.24, 2.45) is 0 Å². The van der Waals surface area contributed by atoms with Crippen molar-refractivity contribution in [2.45, 2.75) is 78.1 Å². The first-order valence-electron chi connectivity index (χ1n) is 8.12. The zero-order valence-corrected chi connectivity index (χ0v) is 15.5. The number of hydrogen-bond donors (Lipinski definition) is 0. The molecule has 0 fully saturated rings. The molecule has 0 saturated heterocycles. The molecule has 0 radical (unpaired) electrons. The Morgan fingerprint density at radius 2 is 1.50 bits per heavy atom. The molecular weight excluding hydrogens is 270 g/mol. The van der Waals surface area contributed by atoms with Crippen LogP contribution in [-0.2, 0) is 10.8 Å². The lowest BCUT2D eigenvalue weighted by Gasteiger charge is -2.31. The van der Waals surface area contributed by atoms with Crippen molar-refractivity contribution in [2.75, 3.05) is 7.11 Å². The van der Waals surface area contributed by atoms with E-state index in [1.165, 1.54) is 16.7 Å². The SMILES string of the molecule is COc1c(C(C)(C)C)cc(C(C)CCC#N)cc1C(C)(C)C. The molecular formula is C20H31NO. The van der Waals surface area contributed by atoms with Crippen molar-refractivity contribution >= 4 is 0 Å². The van der Waals surface area contributed by atoms with Crippen molar-refractivity contribution in [3.05, 3.63) is 28.8 Å². The lowest BCUT2D eigenvalue weighted by atomic mass is 9.77. The predicted octanol–water partition coefficient (Wildman–Crippen LogP) is 5.70. The largest absolute Gasteiger partial charge is 0.496 e. The molecule has 0 N–H and O–H groups in total. The van der Waals surface area contributed by atoms with E-state index in [9.17, 15) is 0 Å². The van der Waals surface area contributed by atoms with E-state index in [2.05, 4.69) is 66.7 Å². The van der Waals surface area contributed by atoms with E-state index in [1.807, 2.05) is 0 Å². The first-order valence-corrected chi connectivity index (χ1v) is 8.12. The Balaban J connectivity index is 3.53. The molecule has 1 rings (SSSR count). The van der Waals surface area contributed by atoms with E-state index < -0.39 is 0 Å². The van der Waals surface area contributed by atoms with Crippen molar-refractivity contribution in [1.29, 1.82) is 5.26 Å². The van der Waals surface area contributed by atoms with Crippen LogP contribution in [0.4, 0.5) is 0 Å². The number of benzene rings is 1. The Hall–Kier alpha value is -1.49. The van der Waals surface area contributed by atoms with E-state index in [4.69, 9.17) is 10.00 Å². The summed E-state index contributed by atoms with van der Waals surface area (Å²) in [5.41, 5.74) is 3.86. The van der Waals surface area contributed by atoms with Crippen LogP contribution < -0.4 is 4.74 Å². The second-order valence-electron chi connectivity index (χ2n) is 8.25. The van der Waals surface area contributed by atoms with Gasteiger partial charge in [-0.05, 0) is 28.7 Å². The number of methoxy groups -OCH3 is 1. The molecule has 2 heteroatoms. The normalized spacial score (nSPS) is 13.6. The number of nitriles is 1. The van der Waals surface area contributed by atoms with Crippen molar-refractivity contribution in [3.63, 3.8) is 0 Å². The predicted molar refractivity (Wildman–Crippen MR) is 93.7 cm³/mol. The average Bonchev–Trinajstić information content (AvgIpc) is 2.41. The highest BCUT2D eigenvalue weighted by Crippen LogP contribution is 2.42. The van der Waals surface area contributed by atoms with Gasteiger partial charge in [-0.2, -0.15) is 5.26 Å². The lowest BCUT2D eigenvalue weighted by Crippen LogP contribution is -2.20. The molecule has 0 aliphatic rings. The fourth-order valence-electron chi connectivity index (χ4n) is 2.72. The molecule has 122 valence electrons. The molecule has 1 atom stereocenters. The quantitative estimate of drug-likeness (QED) is 0.715. The van der Waals surface area contributed by atoms with Gasteiger partial charge < -0.3 is 4.74 Å². The van der Waals surface area contributed by atoms with Crippen LogP contribution in [0.3, 0.4) is 0 Å². The molecule has 2 nitrogen and oxygen atoms in total. The maximum Gasteiger partial charge on any atom is 0.126 e. The van der Waals surface area contributed by atoms with Crippen LogP contribution in [0.2, 0.25) is 0 Å². The molecule has 0 aliphatic carbocycles. The topological polar surface area (TPSA) is 33.0 Å². The van der Waals surface area contributed by atoms with Crippen molar-refractivity contribution < 1.29 is 4.74 Å². The summed E-state index contributed by atoms with van der Waals surface area (Å²) in [5, 5.41) is 8.84. The van der Waals surface area contributed by atoms with Crippen molar-refractivity contribution in [3.8, 4) is 11.8 Å². The second kappa shape index (κ2) is 6.73. The molecule has 1 aromatic carbocycles. The minimum Gasteiger partial charge on any atom is -0.496 e. The van der Waals surface area contributed by atoms with Crippen LogP contribution in [0.5, 0.6) is 5.75 Å². The number of rotatable bonds is 4. The third-order valence-corrected chi connectivity index (χ3v) is 4.19. The first kappa shape index (κ1) is 18.6. The van der Waals surface area contributed by atoms with Gasteiger partial charge in [-0.3, -0.25) is 0 Å². The molecule has 0 amide bonds. The monoisotopic (exact) mass is 301 g/mol. The molecule has 0 spiro atoms.